The summed E-state index contributed by atoms with van der Waals surface area (Å²) in [5.74, 6) is -0.597. The number of rotatable bonds is 3. The van der Waals surface area contributed by atoms with Crippen molar-refractivity contribution in [2.24, 2.45) is 0 Å². The smallest absolute Gasteiger partial charge is 0.142 e. The van der Waals surface area contributed by atoms with Crippen molar-refractivity contribution in [3.8, 4) is 0 Å². The molecule has 4 heteroatoms. The third-order valence-electron chi connectivity index (χ3n) is 2.13. The Kier molecular flexibility index (Phi) is 3.77. The van der Waals surface area contributed by atoms with Crippen LogP contribution in [0.25, 0.3) is 0 Å². The molecule has 1 N–H and O–H groups in total. The topological polar surface area (TPSA) is 20.2 Å². The molecule has 0 saturated heterocycles. The second kappa shape index (κ2) is 4.52. The summed E-state index contributed by atoms with van der Waals surface area (Å²) in [6.45, 7) is 5.06. The van der Waals surface area contributed by atoms with Gasteiger partial charge in [-0.2, -0.15) is 0 Å². The minimum atomic E-state index is -1.23. The molecule has 1 rings (SSSR count). The lowest BCUT2D eigenvalue weighted by Crippen LogP contribution is -2.20. The maximum absolute atomic E-state index is 13.2. The molecule has 15 heavy (non-hydrogen) atoms. The van der Waals surface area contributed by atoms with Crippen LogP contribution in [0.15, 0.2) is 24.8 Å². The first kappa shape index (κ1) is 12.5. The lowest BCUT2D eigenvalue weighted by atomic mass is 9.92. The van der Waals surface area contributed by atoms with Crippen LogP contribution >= 0.6 is 23.2 Å². The van der Waals surface area contributed by atoms with Gasteiger partial charge in [-0.05, 0) is 25.5 Å². The Morgan fingerprint density at radius 2 is 2.07 bits per heavy atom. The Morgan fingerprint density at radius 1 is 1.47 bits per heavy atom. The summed E-state index contributed by atoms with van der Waals surface area (Å²) < 4.78 is 13.2. The molecule has 0 amide bonds. The van der Waals surface area contributed by atoms with E-state index < -0.39 is 11.4 Å². The maximum atomic E-state index is 13.2. The van der Waals surface area contributed by atoms with Gasteiger partial charge >= 0.3 is 0 Å². The number of benzene rings is 1. The Balaban J connectivity index is 3.25. The van der Waals surface area contributed by atoms with Gasteiger partial charge in [-0.25, -0.2) is 4.39 Å². The number of halogens is 3. The summed E-state index contributed by atoms with van der Waals surface area (Å²) in [7, 11) is 0. The van der Waals surface area contributed by atoms with Crippen molar-refractivity contribution in [1.29, 1.82) is 0 Å². The molecule has 1 atom stereocenters. The van der Waals surface area contributed by atoms with E-state index in [1.807, 2.05) is 0 Å². The van der Waals surface area contributed by atoms with Crippen molar-refractivity contribution >= 4 is 23.2 Å². The third kappa shape index (κ3) is 2.71. The van der Waals surface area contributed by atoms with Gasteiger partial charge in [-0.15, -0.1) is 6.58 Å². The second-order valence-corrected chi connectivity index (χ2v) is 4.33. The Bertz CT molecular complexity index is 388. The van der Waals surface area contributed by atoms with E-state index in [1.165, 1.54) is 6.07 Å². The van der Waals surface area contributed by atoms with Gasteiger partial charge in [-0.3, -0.25) is 0 Å². The molecule has 0 radical (unpaired) electrons. The van der Waals surface area contributed by atoms with E-state index in [0.29, 0.717) is 5.56 Å². The van der Waals surface area contributed by atoms with E-state index in [4.69, 9.17) is 23.2 Å². The summed E-state index contributed by atoms with van der Waals surface area (Å²) in [5.41, 5.74) is -0.921. The Hall–Kier alpha value is -0.570. The van der Waals surface area contributed by atoms with Gasteiger partial charge in [0.2, 0.25) is 0 Å². The molecule has 0 spiro atoms. The predicted octanol–water partition coefficient (Wildman–Crippen LogP) is 3.92. The molecule has 0 aliphatic heterocycles. The van der Waals surface area contributed by atoms with Crippen molar-refractivity contribution in [3.05, 3.63) is 46.2 Å². The van der Waals surface area contributed by atoms with E-state index in [-0.39, 0.29) is 16.5 Å². The zero-order valence-electron chi connectivity index (χ0n) is 8.23. The summed E-state index contributed by atoms with van der Waals surface area (Å²) in [6.07, 6.45) is 1.83. The van der Waals surface area contributed by atoms with Crippen molar-refractivity contribution in [3.63, 3.8) is 0 Å². The first-order valence-corrected chi connectivity index (χ1v) is 5.12. The average molecular weight is 249 g/mol. The standard InChI is InChI=1S/C11H11Cl2FO/c1-3-4-11(2,15)7-5-10(14)9(13)6-8(7)12/h3,5-6,15H,1,4H2,2H3. The zero-order chi connectivity index (χ0) is 11.6. The first-order valence-electron chi connectivity index (χ1n) is 4.37. The molecule has 0 saturated carbocycles. The monoisotopic (exact) mass is 248 g/mol. The van der Waals surface area contributed by atoms with E-state index in [1.54, 1.807) is 13.0 Å². The van der Waals surface area contributed by atoms with E-state index >= 15 is 0 Å². The van der Waals surface area contributed by atoms with Crippen LogP contribution in [0.3, 0.4) is 0 Å². The molecule has 82 valence electrons. The van der Waals surface area contributed by atoms with Crippen LogP contribution in [0.4, 0.5) is 4.39 Å². The third-order valence-corrected chi connectivity index (χ3v) is 2.73. The molecule has 0 aromatic heterocycles. The Labute approximate surface area is 98.1 Å². The lowest BCUT2D eigenvalue weighted by molar-refractivity contribution is 0.0604. The highest BCUT2D eigenvalue weighted by atomic mass is 35.5. The summed E-state index contributed by atoms with van der Waals surface area (Å²) in [4.78, 5) is 0. The fourth-order valence-corrected chi connectivity index (χ4v) is 1.91. The Morgan fingerprint density at radius 3 is 2.60 bits per heavy atom. The molecular weight excluding hydrogens is 238 g/mol. The van der Waals surface area contributed by atoms with Crippen molar-refractivity contribution in [1.82, 2.24) is 0 Å². The SMILES string of the molecule is C=CCC(C)(O)c1cc(F)c(Cl)cc1Cl. The predicted molar refractivity (Wildman–Crippen MR) is 60.8 cm³/mol. The van der Waals surface area contributed by atoms with Crippen LogP contribution < -0.4 is 0 Å². The van der Waals surface area contributed by atoms with Gasteiger partial charge in [0.05, 0.1) is 10.6 Å². The number of hydrogen-bond donors (Lipinski definition) is 1. The van der Waals surface area contributed by atoms with Crippen LogP contribution in [0.2, 0.25) is 10.0 Å². The molecule has 1 aromatic rings. The molecule has 1 aromatic carbocycles. The second-order valence-electron chi connectivity index (χ2n) is 3.51. The summed E-state index contributed by atoms with van der Waals surface area (Å²) in [6, 6.07) is 2.43. The molecule has 0 fully saturated rings. The van der Waals surface area contributed by atoms with E-state index in [0.717, 1.165) is 6.07 Å². The van der Waals surface area contributed by atoms with E-state index in [2.05, 4.69) is 6.58 Å². The minimum absolute atomic E-state index is 0.0573. The van der Waals surface area contributed by atoms with Crippen LogP contribution in [0, 0.1) is 5.82 Å². The molecule has 0 heterocycles. The van der Waals surface area contributed by atoms with Gasteiger partial charge in [0.25, 0.3) is 0 Å². The highest BCUT2D eigenvalue weighted by Gasteiger charge is 2.25. The van der Waals surface area contributed by atoms with Gasteiger partial charge in [0.15, 0.2) is 0 Å². The summed E-state index contributed by atoms with van der Waals surface area (Å²) in [5, 5.41) is 10.2. The quantitative estimate of drug-likeness (QED) is 0.635. The van der Waals surface area contributed by atoms with Crippen LogP contribution in [-0.2, 0) is 5.60 Å². The van der Waals surface area contributed by atoms with Crippen molar-refractivity contribution in [2.45, 2.75) is 18.9 Å². The fourth-order valence-electron chi connectivity index (χ4n) is 1.33. The van der Waals surface area contributed by atoms with Gasteiger partial charge in [0.1, 0.15) is 5.82 Å². The molecule has 0 bridgehead atoms. The van der Waals surface area contributed by atoms with Crippen LogP contribution in [0.5, 0.6) is 0 Å². The molecule has 1 unspecified atom stereocenters. The van der Waals surface area contributed by atoms with Gasteiger partial charge in [0, 0.05) is 10.6 Å². The highest BCUT2D eigenvalue weighted by molar-refractivity contribution is 6.35. The van der Waals surface area contributed by atoms with Crippen molar-refractivity contribution in [2.75, 3.05) is 0 Å². The molecule has 1 nitrogen and oxygen atoms in total. The normalized spacial score (nSPS) is 14.7. The molecule has 0 aliphatic rings. The van der Waals surface area contributed by atoms with Crippen LogP contribution in [0.1, 0.15) is 18.9 Å². The van der Waals surface area contributed by atoms with E-state index in [9.17, 15) is 9.50 Å². The zero-order valence-corrected chi connectivity index (χ0v) is 9.74. The van der Waals surface area contributed by atoms with Gasteiger partial charge in [-0.1, -0.05) is 29.3 Å². The van der Waals surface area contributed by atoms with Crippen LogP contribution in [-0.4, -0.2) is 5.11 Å². The average Bonchev–Trinajstić information content (AvgIpc) is 2.11. The highest BCUT2D eigenvalue weighted by Crippen LogP contribution is 2.34. The first-order chi connectivity index (χ1) is 6.88. The molecular formula is C11H11Cl2FO. The lowest BCUT2D eigenvalue weighted by Gasteiger charge is -2.23. The van der Waals surface area contributed by atoms with Crippen molar-refractivity contribution < 1.29 is 9.50 Å². The van der Waals surface area contributed by atoms with Gasteiger partial charge < -0.3 is 5.11 Å². The molecule has 0 aliphatic carbocycles. The number of aliphatic hydroxyl groups is 1. The maximum Gasteiger partial charge on any atom is 0.142 e. The fraction of sp³-hybridized carbons (Fsp3) is 0.273. The largest absolute Gasteiger partial charge is 0.385 e. The minimum Gasteiger partial charge on any atom is -0.385 e. The number of hydrogen-bond acceptors (Lipinski definition) is 1. The summed E-state index contributed by atoms with van der Waals surface area (Å²) >= 11 is 11.4.